The standard InChI is InChI=1S/C20H33N5O.HI/c1-4-22-20(25-10-6-9-18(15-25)12-19(21)26)23-13-16-7-5-8-17(11-16)14-24(2)3;/h5,7-8,11,18H,4,6,9-10,12-15H2,1-3H3,(H2,21,26)(H,22,23);1H. The molecule has 27 heavy (non-hydrogen) atoms. The van der Waals surface area contributed by atoms with Gasteiger partial charge in [0, 0.05) is 32.6 Å². The molecule has 0 spiro atoms. The van der Waals surface area contributed by atoms with Gasteiger partial charge in [0.2, 0.25) is 5.91 Å². The van der Waals surface area contributed by atoms with Gasteiger partial charge in [0.1, 0.15) is 0 Å². The number of primary amides is 1. The summed E-state index contributed by atoms with van der Waals surface area (Å²) in [6.45, 7) is 6.31. The molecule has 7 heteroatoms. The van der Waals surface area contributed by atoms with Gasteiger partial charge in [-0.1, -0.05) is 24.3 Å². The molecule has 6 nitrogen and oxygen atoms in total. The molecule has 1 fully saturated rings. The molecule has 152 valence electrons. The van der Waals surface area contributed by atoms with Crippen molar-refractivity contribution in [1.82, 2.24) is 15.1 Å². The molecule has 3 N–H and O–H groups in total. The number of rotatable bonds is 7. The van der Waals surface area contributed by atoms with E-state index in [4.69, 9.17) is 10.7 Å². The number of likely N-dealkylation sites (tertiary alicyclic amines) is 1. The van der Waals surface area contributed by atoms with Crippen LogP contribution in [0.1, 0.15) is 37.3 Å². The van der Waals surface area contributed by atoms with Gasteiger partial charge in [-0.2, -0.15) is 0 Å². The molecule has 1 saturated heterocycles. The van der Waals surface area contributed by atoms with Gasteiger partial charge in [-0.15, -0.1) is 24.0 Å². The maximum Gasteiger partial charge on any atom is 0.217 e. The summed E-state index contributed by atoms with van der Waals surface area (Å²) in [6, 6.07) is 8.59. The summed E-state index contributed by atoms with van der Waals surface area (Å²) in [5, 5.41) is 3.39. The number of halogens is 1. The lowest BCUT2D eigenvalue weighted by atomic mass is 9.95. The molecule has 1 aliphatic rings. The number of nitrogens with one attached hydrogen (secondary N) is 1. The molecule has 0 bridgehead atoms. The fraction of sp³-hybridized carbons (Fsp3) is 0.600. The fourth-order valence-corrected chi connectivity index (χ4v) is 3.49. The quantitative estimate of drug-likeness (QED) is 0.352. The van der Waals surface area contributed by atoms with Crippen LogP contribution in [0.4, 0.5) is 0 Å². The Morgan fingerprint density at radius 1 is 1.37 bits per heavy atom. The number of carbonyl (C=O) groups is 1. The predicted molar refractivity (Wildman–Crippen MR) is 122 cm³/mol. The lowest BCUT2D eigenvalue weighted by Gasteiger charge is -2.34. The zero-order valence-electron chi connectivity index (χ0n) is 16.8. The predicted octanol–water partition coefficient (Wildman–Crippen LogP) is 2.42. The van der Waals surface area contributed by atoms with Crippen LogP contribution in [-0.4, -0.2) is 55.4 Å². The lowest BCUT2D eigenvalue weighted by Crippen LogP contribution is -2.47. The molecule has 0 radical (unpaired) electrons. The van der Waals surface area contributed by atoms with E-state index in [1.54, 1.807) is 0 Å². The Morgan fingerprint density at radius 3 is 2.78 bits per heavy atom. The number of amides is 1. The summed E-state index contributed by atoms with van der Waals surface area (Å²) >= 11 is 0. The fourth-order valence-electron chi connectivity index (χ4n) is 3.49. The third-order valence-corrected chi connectivity index (χ3v) is 4.54. The van der Waals surface area contributed by atoms with Crippen LogP contribution in [0.3, 0.4) is 0 Å². The Hall–Kier alpha value is -1.35. The van der Waals surface area contributed by atoms with Crippen LogP contribution in [0, 0.1) is 5.92 Å². The van der Waals surface area contributed by atoms with Crippen LogP contribution in [0.5, 0.6) is 0 Å². The number of hydrogen-bond donors (Lipinski definition) is 2. The molecule has 2 rings (SSSR count). The van der Waals surface area contributed by atoms with Crippen LogP contribution >= 0.6 is 24.0 Å². The molecule has 1 heterocycles. The summed E-state index contributed by atoms with van der Waals surface area (Å²) in [5.74, 6) is 1.05. The van der Waals surface area contributed by atoms with E-state index in [0.29, 0.717) is 18.9 Å². The average molecular weight is 487 g/mol. The first-order valence-electron chi connectivity index (χ1n) is 9.52. The van der Waals surface area contributed by atoms with Gasteiger partial charge in [-0.3, -0.25) is 4.79 Å². The van der Waals surface area contributed by atoms with Crippen LogP contribution in [0.15, 0.2) is 29.3 Å². The topological polar surface area (TPSA) is 74.0 Å². The molecule has 1 aromatic carbocycles. The van der Waals surface area contributed by atoms with E-state index >= 15 is 0 Å². The minimum atomic E-state index is -0.212. The van der Waals surface area contributed by atoms with Gasteiger partial charge in [0.05, 0.1) is 6.54 Å². The van der Waals surface area contributed by atoms with Crippen molar-refractivity contribution in [2.75, 3.05) is 33.7 Å². The minimum Gasteiger partial charge on any atom is -0.370 e. The van der Waals surface area contributed by atoms with Crippen LogP contribution in [0.25, 0.3) is 0 Å². The Bertz CT molecular complexity index is 620. The van der Waals surface area contributed by atoms with Crippen molar-refractivity contribution in [3.8, 4) is 0 Å². The highest BCUT2D eigenvalue weighted by Gasteiger charge is 2.23. The van der Waals surface area contributed by atoms with Crippen LogP contribution < -0.4 is 11.1 Å². The lowest BCUT2D eigenvalue weighted by molar-refractivity contribution is -0.119. The molecule has 1 amide bonds. The van der Waals surface area contributed by atoms with E-state index in [9.17, 15) is 4.79 Å². The summed E-state index contributed by atoms with van der Waals surface area (Å²) in [5.41, 5.74) is 7.89. The summed E-state index contributed by atoms with van der Waals surface area (Å²) < 4.78 is 0. The van der Waals surface area contributed by atoms with Gasteiger partial charge in [-0.05, 0) is 50.9 Å². The highest BCUT2D eigenvalue weighted by atomic mass is 127. The minimum absolute atomic E-state index is 0. The Balaban J connectivity index is 0.00000364. The molecular formula is C20H34IN5O. The highest BCUT2D eigenvalue weighted by Crippen LogP contribution is 2.19. The number of hydrogen-bond acceptors (Lipinski definition) is 3. The van der Waals surface area contributed by atoms with E-state index in [1.165, 1.54) is 11.1 Å². The number of benzene rings is 1. The first kappa shape index (κ1) is 23.7. The Labute approximate surface area is 180 Å². The van der Waals surface area contributed by atoms with Gasteiger partial charge in [-0.25, -0.2) is 4.99 Å². The molecule has 0 aromatic heterocycles. The zero-order chi connectivity index (χ0) is 18.9. The van der Waals surface area contributed by atoms with Crippen molar-refractivity contribution in [2.24, 2.45) is 16.6 Å². The van der Waals surface area contributed by atoms with E-state index in [2.05, 4.69) is 60.4 Å². The van der Waals surface area contributed by atoms with E-state index in [0.717, 1.165) is 45.0 Å². The number of nitrogens with zero attached hydrogens (tertiary/aromatic N) is 3. The van der Waals surface area contributed by atoms with Crippen molar-refractivity contribution < 1.29 is 4.79 Å². The summed E-state index contributed by atoms with van der Waals surface area (Å²) in [4.78, 5) is 20.5. The molecular weight excluding hydrogens is 453 g/mol. The molecule has 1 atom stereocenters. The number of nitrogens with two attached hydrogens (primary N) is 1. The smallest absolute Gasteiger partial charge is 0.217 e. The van der Waals surface area contributed by atoms with Crippen LogP contribution in [-0.2, 0) is 17.9 Å². The molecule has 0 saturated carbocycles. The Morgan fingerprint density at radius 2 is 2.11 bits per heavy atom. The molecule has 1 aromatic rings. The third-order valence-electron chi connectivity index (χ3n) is 4.54. The highest BCUT2D eigenvalue weighted by molar-refractivity contribution is 14.0. The van der Waals surface area contributed by atoms with Crippen molar-refractivity contribution >= 4 is 35.8 Å². The normalized spacial score (nSPS) is 17.6. The zero-order valence-corrected chi connectivity index (χ0v) is 19.1. The van der Waals surface area contributed by atoms with Gasteiger partial charge in [0.25, 0.3) is 0 Å². The summed E-state index contributed by atoms with van der Waals surface area (Å²) in [6.07, 6.45) is 2.59. The number of piperidine rings is 1. The first-order valence-corrected chi connectivity index (χ1v) is 9.52. The maximum absolute atomic E-state index is 11.2. The van der Waals surface area contributed by atoms with Crippen molar-refractivity contribution in [2.45, 2.75) is 39.3 Å². The van der Waals surface area contributed by atoms with Crippen molar-refractivity contribution in [3.05, 3.63) is 35.4 Å². The van der Waals surface area contributed by atoms with Crippen LogP contribution in [0.2, 0.25) is 0 Å². The number of guanidine groups is 1. The average Bonchev–Trinajstić information content (AvgIpc) is 2.58. The molecule has 0 aliphatic carbocycles. The monoisotopic (exact) mass is 487 g/mol. The van der Waals surface area contributed by atoms with E-state index < -0.39 is 0 Å². The van der Waals surface area contributed by atoms with E-state index in [1.807, 2.05) is 0 Å². The second-order valence-corrected chi connectivity index (χ2v) is 7.35. The third kappa shape index (κ3) is 8.47. The summed E-state index contributed by atoms with van der Waals surface area (Å²) in [7, 11) is 4.15. The molecule has 1 unspecified atom stereocenters. The second-order valence-electron chi connectivity index (χ2n) is 7.35. The number of carbonyl (C=O) groups excluding carboxylic acids is 1. The first-order chi connectivity index (χ1) is 12.5. The Kier molecular flexibility index (Phi) is 10.7. The van der Waals surface area contributed by atoms with Gasteiger partial charge < -0.3 is 20.9 Å². The van der Waals surface area contributed by atoms with E-state index in [-0.39, 0.29) is 29.9 Å². The maximum atomic E-state index is 11.2. The van der Waals surface area contributed by atoms with Crippen molar-refractivity contribution in [3.63, 3.8) is 0 Å². The van der Waals surface area contributed by atoms with Gasteiger partial charge in [0.15, 0.2) is 5.96 Å². The van der Waals surface area contributed by atoms with Crippen molar-refractivity contribution in [1.29, 1.82) is 0 Å². The number of aliphatic imine (C=N–C) groups is 1. The SMILES string of the molecule is CCNC(=NCc1cccc(CN(C)C)c1)N1CCCC(CC(N)=O)C1.I. The van der Waals surface area contributed by atoms with Gasteiger partial charge >= 0.3 is 0 Å². The molecule has 1 aliphatic heterocycles. The largest absolute Gasteiger partial charge is 0.370 e. The second kappa shape index (κ2) is 12.2.